The quantitative estimate of drug-likeness (QED) is 0.650. The van der Waals surface area contributed by atoms with Crippen molar-refractivity contribution in [1.29, 1.82) is 0 Å². The average Bonchev–Trinajstić information content (AvgIpc) is 2.98. The standard InChI is InChI=1S/C13H15N3S/c14-12(9-5-1-2-6-9)15-13-10-7-3-4-8-11(10)17-16-13/h3-4,7-9H,1-2,5-6H2,(H2,14,15,16). The molecule has 0 atom stereocenters. The molecule has 4 heteroatoms. The van der Waals surface area contributed by atoms with E-state index in [0.717, 1.165) is 17.0 Å². The van der Waals surface area contributed by atoms with Crippen molar-refractivity contribution < 1.29 is 0 Å². The lowest BCUT2D eigenvalue weighted by Crippen LogP contribution is -2.20. The molecule has 1 fully saturated rings. The number of aliphatic imine (C=N–C) groups is 1. The Kier molecular flexibility index (Phi) is 2.81. The highest BCUT2D eigenvalue weighted by molar-refractivity contribution is 7.13. The van der Waals surface area contributed by atoms with Gasteiger partial charge in [0.05, 0.1) is 4.70 Å². The van der Waals surface area contributed by atoms with Crippen molar-refractivity contribution in [2.45, 2.75) is 25.7 Å². The van der Waals surface area contributed by atoms with Crippen LogP contribution in [-0.2, 0) is 0 Å². The maximum atomic E-state index is 6.08. The second-order valence-electron chi connectivity index (χ2n) is 4.52. The second kappa shape index (κ2) is 4.45. The van der Waals surface area contributed by atoms with Gasteiger partial charge in [0.25, 0.3) is 0 Å². The Hall–Kier alpha value is -1.42. The fourth-order valence-corrected chi connectivity index (χ4v) is 3.11. The Labute approximate surface area is 105 Å². The van der Waals surface area contributed by atoms with Gasteiger partial charge in [-0.2, -0.15) is 4.37 Å². The Morgan fingerprint density at radius 3 is 2.88 bits per heavy atom. The summed E-state index contributed by atoms with van der Waals surface area (Å²) in [5.41, 5.74) is 6.08. The van der Waals surface area contributed by atoms with Gasteiger partial charge in [-0.25, -0.2) is 4.99 Å². The summed E-state index contributed by atoms with van der Waals surface area (Å²) in [6.45, 7) is 0. The zero-order valence-corrected chi connectivity index (χ0v) is 10.4. The van der Waals surface area contributed by atoms with Crippen LogP contribution in [0.25, 0.3) is 10.1 Å². The molecule has 0 spiro atoms. The summed E-state index contributed by atoms with van der Waals surface area (Å²) in [5, 5.41) is 1.11. The van der Waals surface area contributed by atoms with Crippen LogP contribution >= 0.6 is 11.5 Å². The normalized spacial score (nSPS) is 18.0. The first kappa shape index (κ1) is 10.7. The topological polar surface area (TPSA) is 51.3 Å². The second-order valence-corrected chi connectivity index (χ2v) is 5.33. The summed E-state index contributed by atoms with van der Waals surface area (Å²) in [6, 6.07) is 8.16. The molecule has 1 aromatic carbocycles. The number of hydrogen-bond acceptors (Lipinski definition) is 3. The van der Waals surface area contributed by atoms with Crippen molar-refractivity contribution >= 4 is 33.3 Å². The fraction of sp³-hybridized carbons (Fsp3) is 0.385. The highest BCUT2D eigenvalue weighted by atomic mass is 32.1. The first-order chi connectivity index (χ1) is 8.34. The summed E-state index contributed by atoms with van der Waals surface area (Å²) >= 11 is 1.49. The zero-order valence-electron chi connectivity index (χ0n) is 9.60. The van der Waals surface area contributed by atoms with Crippen LogP contribution in [0.15, 0.2) is 29.3 Å². The summed E-state index contributed by atoms with van der Waals surface area (Å²) in [6.07, 6.45) is 4.91. The summed E-state index contributed by atoms with van der Waals surface area (Å²) in [7, 11) is 0. The molecule has 1 saturated carbocycles. The van der Waals surface area contributed by atoms with Crippen molar-refractivity contribution in [3.8, 4) is 0 Å². The van der Waals surface area contributed by atoms with Crippen molar-refractivity contribution in [2.75, 3.05) is 0 Å². The molecule has 0 bridgehead atoms. The number of benzene rings is 1. The van der Waals surface area contributed by atoms with Crippen molar-refractivity contribution in [3.05, 3.63) is 24.3 Å². The lowest BCUT2D eigenvalue weighted by Gasteiger charge is -2.06. The van der Waals surface area contributed by atoms with E-state index in [0.29, 0.717) is 5.92 Å². The molecule has 1 aromatic heterocycles. The van der Waals surface area contributed by atoms with Crippen LogP contribution in [0.1, 0.15) is 25.7 Å². The molecule has 2 aromatic rings. The molecule has 2 N–H and O–H groups in total. The van der Waals surface area contributed by atoms with Crippen molar-refractivity contribution in [2.24, 2.45) is 16.6 Å². The Bertz CT molecular complexity index is 553. The van der Waals surface area contributed by atoms with E-state index >= 15 is 0 Å². The number of nitrogens with zero attached hydrogens (tertiary/aromatic N) is 2. The number of hydrogen-bond donors (Lipinski definition) is 1. The minimum Gasteiger partial charge on any atom is -0.387 e. The largest absolute Gasteiger partial charge is 0.387 e. The van der Waals surface area contributed by atoms with Gasteiger partial charge in [0, 0.05) is 11.3 Å². The zero-order chi connectivity index (χ0) is 11.7. The molecule has 0 aliphatic heterocycles. The minimum atomic E-state index is 0.468. The van der Waals surface area contributed by atoms with Crippen LogP contribution in [0.4, 0.5) is 5.82 Å². The van der Waals surface area contributed by atoms with Gasteiger partial charge < -0.3 is 5.73 Å². The van der Waals surface area contributed by atoms with Crippen LogP contribution in [0.2, 0.25) is 0 Å². The van der Waals surface area contributed by atoms with Gasteiger partial charge in [0.1, 0.15) is 5.84 Å². The van der Waals surface area contributed by atoms with Gasteiger partial charge in [-0.1, -0.05) is 25.0 Å². The van der Waals surface area contributed by atoms with Gasteiger partial charge in [0.2, 0.25) is 0 Å². The molecule has 1 aliphatic rings. The molecule has 3 nitrogen and oxygen atoms in total. The fourth-order valence-electron chi connectivity index (χ4n) is 2.39. The molecule has 1 aliphatic carbocycles. The Morgan fingerprint density at radius 2 is 2.06 bits per heavy atom. The molecular formula is C13H15N3S. The van der Waals surface area contributed by atoms with Crippen molar-refractivity contribution in [3.63, 3.8) is 0 Å². The molecule has 0 saturated heterocycles. The first-order valence-corrected chi connectivity index (χ1v) is 6.80. The van der Waals surface area contributed by atoms with E-state index in [9.17, 15) is 0 Å². The average molecular weight is 245 g/mol. The third-order valence-electron chi connectivity index (χ3n) is 3.37. The number of fused-ring (bicyclic) bond motifs is 1. The van der Waals surface area contributed by atoms with Gasteiger partial charge in [0.15, 0.2) is 5.82 Å². The maximum Gasteiger partial charge on any atom is 0.175 e. The smallest absolute Gasteiger partial charge is 0.175 e. The van der Waals surface area contributed by atoms with E-state index < -0.39 is 0 Å². The number of rotatable bonds is 2. The summed E-state index contributed by atoms with van der Waals surface area (Å²) in [5.74, 6) is 2.02. The first-order valence-electron chi connectivity index (χ1n) is 6.03. The SMILES string of the molecule is NC(=Nc1nsc2ccccc12)C1CCCC1. The van der Waals surface area contributed by atoms with Gasteiger partial charge >= 0.3 is 0 Å². The number of amidine groups is 1. The number of nitrogens with two attached hydrogens (primary N) is 1. The van der Waals surface area contributed by atoms with E-state index in [4.69, 9.17) is 5.73 Å². The van der Waals surface area contributed by atoms with Crippen LogP contribution in [0.5, 0.6) is 0 Å². The van der Waals surface area contributed by atoms with Gasteiger partial charge in [-0.05, 0) is 36.5 Å². The number of aromatic nitrogens is 1. The Balaban J connectivity index is 1.96. The van der Waals surface area contributed by atoms with Gasteiger partial charge in [-0.3, -0.25) is 0 Å². The molecule has 3 rings (SSSR count). The van der Waals surface area contributed by atoms with Crippen LogP contribution in [0.3, 0.4) is 0 Å². The molecule has 0 radical (unpaired) electrons. The summed E-state index contributed by atoms with van der Waals surface area (Å²) in [4.78, 5) is 4.52. The predicted molar refractivity (Wildman–Crippen MR) is 72.9 cm³/mol. The van der Waals surface area contributed by atoms with Crippen LogP contribution in [0, 0.1) is 5.92 Å². The highest BCUT2D eigenvalue weighted by Gasteiger charge is 2.19. The molecule has 1 heterocycles. The lowest BCUT2D eigenvalue weighted by atomic mass is 10.1. The van der Waals surface area contributed by atoms with Crippen LogP contribution in [-0.4, -0.2) is 10.2 Å². The molecule has 0 amide bonds. The van der Waals surface area contributed by atoms with E-state index in [1.165, 1.54) is 41.9 Å². The third-order valence-corrected chi connectivity index (χ3v) is 4.18. The van der Waals surface area contributed by atoms with E-state index in [1.54, 1.807) is 0 Å². The Morgan fingerprint density at radius 1 is 1.29 bits per heavy atom. The highest BCUT2D eigenvalue weighted by Crippen LogP contribution is 2.30. The lowest BCUT2D eigenvalue weighted by molar-refractivity contribution is 0.722. The van der Waals surface area contributed by atoms with Crippen molar-refractivity contribution in [1.82, 2.24) is 4.37 Å². The molecular weight excluding hydrogens is 230 g/mol. The maximum absolute atomic E-state index is 6.08. The molecule has 88 valence electrons. The summed E-state index contributed by atoms with van der Waals surface area (Å²) < 4.78 is 5.55. The predicted octanol–water partition coefficient (Wildman–Crippen LogP) is 3.48. The van der Waals surface area contributed by atoms with Gasteiger partial charge in [-0.15, -0.1) is 0 Å². The molecule has 0 unspecified atom stereocenters. The van der Waals surface area contributed by atoms with E-state index in [2.05, 4.69) is 21.5 Å². The third kappa shape index (κ3) is 2.05. The van der Waals surface area contributed by atoms with E-state index in [1.807, 2.05) is 12.1 Å². The minimum absolute atomic E-state index is 0.468. The molecule has 17 heavy (non-hydrogen) atoms. The monoisotopic (exact) mass is 245 g/mol. The van der Waals surface area contributed by atoms with Crippen LogP contribution < -0.4 is 5.73 Å². The van der Waals surface area contributed by atoms with E-state index in [-0.39, 0.29) is 0 Å².